The molecule has 2 aromatic carbocycles. The highest BCUT2D eigenvalue weighted by Gasteiger charge is 2.26. The topological polar surface area (TPSA) is 49.4 Å². The van der Waals surface area contributed by atoms with Gasteiger partial charge in [-0.05, 0) is 56.2 Å². The predicted octanol–water partition coefficient (Wildman–Crippen LogP) is 4.65. The number of nitrogens with one attached hydrogen (secondary N) is 1. The van der Waals surface area contributed by atoms with Crippen molar-refractivity contribution < 1.29 is 14.0 Å². The van der Waals surface area contributed by atoms with Gasteiger partial charge >= 0.3 is 0 Å². The first kappa shape index (κ1) is 23.2. The molecule has 156 valence electrons. The molecule has 0 radical (unpaired) electrons. The standard InChI is InChI=1S/C22H26ClFN2O2S/c1-15(2)25-22(28)16(3)26(12-17-7-9-20(24)10-8-17)21(27)14-29-13-18-5-4-6-19(23)11-18/h4-11,15-16H,12-14H2,1-3H3,(H,25,28)/t16-/m0/s1. The molecule has 29 heavy (non-hydrogen) atoms. The Kier molecular flexibility index (Phi) is 8.99. The normalized spacial score (nSPS) is 11.9. The Hall–Kier alpha value is -2.05. The minimum atomic E-state index is -0.637. The van der Waals surface area contributed by atoms with E-state index in [1.165, 1.54) is 28.8 Å². The largest absolute Gasteiger partial charge is 0.352 e. The molecule has 0 spiro atoms. The van der Waals surface area contributed by atoms with Crippen LogP contribution in [0.15, 0.2) is 48.5 Å². The summed E-state index contributed by atoms with van der Waals surface area (Å²) in [5.74, 6) is 0.174. The fourth-order valence-electron chi connectivity index (χ4n) is 2.74. The summed E-state index contributed by atoms with van der Waals surface area (Å²) in [4.78, 5) is 27.0. The third-order valence-corrected chi connectivity index (χ3v) is 5.47. The summed E-state index contributed by atoms with van der Waals surface area (Å²) in [5.41, 5.74) is 1.80. The van der Waals surface area contributed by atoms with E-state index in [1.807, 2.05) is 32.0 Å². The third-order valence-electron chi connectivity index (χ3n) is 4.25. The van der Waals surface area contributed by atoms with Crippen LogP contribution in [0.5, 0.6) is 0 Å². The van der Waals surface area contributed by atoms with Gasteiger partial charge < -0.3 is 10.2 Å². The van der Waals surface area contributed by atoms with E-state index < -0.39 is 6.04 Å². The lowest BCUT2D eigenvalue weighted by atomic mass is 10.1. The van der Waals surface area contributed by atoms with Crippen molar-refractivity contribution in [1.29, 1.82) is 0 Å². The van der Waals surface area contributed by atoms with Crippen molar-refractivity contribution in [2.24, 2.45) is 0 Å². The Balaban J connectivity index is 2.06. The lowest BCUT2D eigenvalue weighted by Crippen LogP contribution is -2.49. The van der Waals surface area contributed by atoms with Crippen LogP contribution in [0.2, 0.25) is 5.02 Å². The van der Waals surface area contributed by atoms with Crippen molar-refractivity contribution in [1.82, 2.24) is 10.2 Å². The fraction of sp³-hybridized carbons (Fsp3) is 0.364. The zero-order valence-corrected chi connectivity index (χ0v) is 18.4. The van der Waals surface area contributed by atoms with Gasteiger partial charge in [0.05, 0.1) is 5.75 Å². The van der Waals surface area contributed by atoms with Gasteiger partial charge in [0.25, 0.3) is 0 Å². The van der Waals surface area contributed by atoms with E-state index in [2.05, 4.69) is 5.32 Å². The van der Waals surface area contributed by atoms with Crippen molar-refractivity contribution in [3.05, 3.63) is 70.5 Å². The molecule has 0 saturated carbocycles. The van der Waals surface area contributed by atoms with E-state index in [1.54, 1.807) is 25.1 Å². The highest BCUT2D eigenvalue weighted by atomic mass is 35.5. The average Bonchev–Trinajstić information content (AvgIpc) is 2.66. The minimum Gasteiger partial charge on any atom is -0.352 e. The second-order valence-electron chi connectivity index (χ2n) is 7.11. The summed E-state index contributed by atoms with van der Waals surface area (Å²) in [5, 5.41) is 3.51. The summed E-state index contributed by atoms with van der Waals surface area (Å²) >= 11 is 7.47. The van der Waals surface area contributed by atoms with Crippen LogP contribution in [0, 0.1) is 5.82 Å². The number of carbonyl (C=O) groups is 2. The van der Waals surface area contributed by atoms with Crippen LogP contribution >= 0.6 is 23.4 Å². The van der Waals surface area contributed by atoms with Gasteiger partial charge in [-0.25, -0.2) is 4.39 Å². The number of nitrogens with zero attached hydrogens (tertiary/aromatic N) is 1. The van der Waals surface area contributed by atoms with Crippen molar-refractivity contribution in [3.63, 3.8) is 0 Å². The zero-order chi connectivity index (χ0) is 21.4. The predicted molar refractivity (Wildman–Crippen MR) is 117 cm³/mol. The molecule has 2 aromatic rings. The molecule has 7 heteroatoms. The number of carbonyl (C=O) groups excluding carboxylic acids is 2. The molecule has 2 amide bonds. The quantitative estimate of drug-likeness (QED) is 0.622. The van der Waals surface area contributed by atoms with Crippen LogP contribution in [0.25, 0.3) is 0 Å². The third kappa shape index (κ3) is 7.71. The second-order valence-corrected chi connectivity index (χ2v) is 8.53. The molecule has 1 N–H and O–H groups in total. The summed E-state index contributed by atoms with van der Waals surface area (Å²) in [6, 6.07) is 12.8. The van der Waals surface area contributed by atoms with E-state index >= 15 is 0 Å². The molecule has 0 saturated heterocycles. The number of halogens is 2. The van der Waals surface area contributed by atoms with E-state index in [0.717, 1.165) is 11.1 Å². The van der Waals surface area contributed by atoms with Crippen LogP contribution in [0.1, 0.15) is 31.9 Å². The monoisotopic (exact) mass is 436 g/mol. The van der Waals surface area contributed by atoms with E-state index in [4.69, 9.17) is 11.6 Å². The zero-order valence-electron chi connectivity index (χ0n) is 16.8. The first-order chi connectivity index (χ1) is 13.8. The fourth-order valence-corrected chi connectivity index (χ4v) is 3.81. The second kappa shape index (κ2) is 11.2. The molecule has 2 rings (SSSR count). The van der Waals surface area contributed by atoms with Crippen LogP contribution in [-0.2, 0) is 21.9 Å². The maximum atomic E-state index is 13.2. The maximum Gasteiger partial charge on any atom is 0.242 e. The SMILES string of the molecule is CC(C)NC(=O)[C@H](C)N(Cc1ccc(F)cc1)C(=O)CSCc1cccc(Cl)c1. The average molecular weight is 437 g/mol. The van der Waals surface area contributed by atoms with Crippen LogP contribution in [0.3, 0.4) is 0 Å². The Morgan fingerprint density at radius 1 is 1.10 bits per heavy atom. The lowest BCUT2D eigenvalue weighted by Gasteiger charge is -2.29. The van der Waals surface area contributed by atoms with Crippen molar-refractivity contribution in [2.75, 3.05) is 5.75 Å². The highest BCUT2D eigenvalue weighted by Crippen LogP contribution is 2.18. The number of rotatable bonds is 9. The summed E-state index contributed by atoms with van der Waals surface area (Å²) in [6.45, 7) is 5.69. The molecule has 4 nitrogen and oxygen atoms in total. The molecule has 0 bridgehead atoms. The number of thioether (sulfide) groups is 1. The summed E-state index contributed by atoms with van der Waals surface area (Å²) in [6.07, 6.45) is 0. The molecular weight excluding hydrogens is 411 g/mol. The van der Waals surface area contributed by atoms with Crippen molar-refractivity contribution >= 4 is 35.2 Å². The number of hydrogen-bond donors (Lipinski definition) is 1. The Labute approximate surface area is 180 Å². The Morgan fingerprint density at radius 2 is 1.79 bits per heavy atom. The van der Waals surface area contributed by atoms with Gasteiger partial charge in [-0.2, -0.15) is 0 Å². The molecular formula is C22H26ClFN2O2S. The summed E-state index contributed by atoms with van der Waals surface area (Å²) in [7, 11) is 0. The number of amides is 2. The van der Waals surface area contributed by atoms with Crippen LogP contribution < -0.4 is 5.32 Å². The van der Waals surface area contributed by atoms with Gasteiger partial charge in [0.2, 0.25) is 11.8 Å². The molecule has 0 aliphatic heterocycles. The molecule has 0 aliphatic carbocycles. The number of benzene rings is 2. The van der Waals surface area contributed by atoms with E-state index in [-0.39, 0.29) is 36.0 Å². The van der Waals surface area contributed by atoms with E-state index in [9.17, 15) is 14.0 Å². The smallest absolute Gasteiger partial charge is 0.242 e. The molecule has 0 heterocycles. The van der Waals surface area contributed by atoms with Gasteiger partial charge in [-0.15, -0.1) is 11.8 Å². The van der Waals surface area contributed by atoms with Crippen LogP contribution in [-0.4, -0.2) is 34.6 Å². The van der Waals surface area contributed by atoms with Gasteiger partial charge in [-0.1, -0.05) is 35.9 Å². The van der Waals surface area contributed by atoms with E-state index in [0.29, 0.717) is 10.8 Å². The van der Waals surface area contributed by atoms with Gasteiger partial charge in [0.1, 0.15) is 11.9 Å². The number of hydrogen-bond acceptors (Lipinski definition) is 3. The van der Waals surface area contributed by atoms with Crippen LogP contribution in [0.4, 0.5) is 4.39 Å². The summed E-state index contributed by atoms with van der Waals surface area (Å²) < 4.78 is 13.2. The Morgan fingerprint density at radius 3 is 2.41 bits per heavy atom. The molecule has 0 unspecified atom stereocenters. The van der Waals surface area contributed by atoms with Gasteiger partial charge in [0.15, 0.2) is 0 Å². The van der Waals surface area contributed by atoms with Gasteiger partial charge in [0, 0.05) is 23.4 Å². The van der Waals surface area contributed by atoms with Gasteiger partial charge in [-0.3, -0.25) is 9.59 Å². The molecule has 0 aromatic heterocycles. The lowest BCUT2D eigenvalue weighted by molar-refractivity contribution is -0.138. The molecule has 0 fully saturated rings. The first-order valence-corrected chi connectivity index (χ1v) is 11.0. The molecule has 0 aliphatic rings. The molecule has 1 atom stereocenters. The minimum absolute atomic E-state index is 0.0232. The maximum absolute atomic E-state index is 13.2. The van der Waals surface area contributed by atoms with Crippen molar-refractivity contribution in [2.45, 2.75) is 45.2 Å². The first-order valence-electron chi connectivity index (χ1n) is 9.42. The highest BCUT2D eigenvalue weighted by molar-refractivity contribution is 7.99. The Bertz CT molecular complexity index is 830. The van der Waals surface area contributed by atoms with Crippen molar-refractivity contribution in [3.8, 4) is 0 Å².